The van der Waals surface area contributed by atoms with Gasteiger partial charge in [0, 0.05) is 0 Å². The standard InChI is InChI=1S/C9H3Cl5O4/c10-4-5(11)7(13)9(8(14)6(4)12)18-3(17)1-2(15)16/h1H2,(H,15,16). The molecule has 1 aromatic carbocycles. The summed E-state index contributed by atoms with van der Waals surface area (Å²) in [5, 5.41) is 7.57. The Morgan fingerprint density at radius 2 is 1.28 bits per heavy atom. The highest BCUT2D eigenvalue weighted by Gasteiger charge is 2.23. The predicted octanol–water partition coefficient (Wildman–Crippen LogP) is 4.33. The fourth-order valence-corrected chi connectivity index (χ4v) is 2.15. The molecule has 0 aliphatic heterocycles. The number of esters is 1. The van der Waals surface area contributed by atoms with E-state index >= 15 is 0 Å². The van der Waals surface area contributed by atoms with Crippen LogP contribution in [-0.4, -0.2) is 17.0 Å². The van der Waals surface area contributed by atoms with Crippen molar-refractivity contribution >= 4 is 69.9 Å². The van der Waals surface area contributed by atoms with E-state index in [1.54, 1.807) is 0 Å². The van der Waals surface area contributed by atoms with Crippen molar-refractivity contribution in [1.29, 1.82) is 0 Å². The molecule has 0 bridgehead atoms. The molecule has 0 aromatic heterocycles. The first-order valence-electron chi connectivity index (χ1n) is 4.19. The number of rotatable bonds is 3. The quantitative estimate of drug-likeness (QED) is 0.289. The summed E-state index contributed by atoms with van der Waals surface area (Å²) >= 11 is 28.7. The summed E-state index contributed by atoms with van der Waals surface area (Å²) in [6.45, 7) is 0. The number of hydrogen-bond donors (Lipinski definition) is 1. The summed E-state index contributed by atoms with van der Waals surface area (Å²) in [7, 11) is 0. The summed E-state index contributed by atoms with van der Waals surface area (Å²) < 4.78 is 4.69. The van der Waals surface area contributed by atoms with Crippen LogP contribution in [0.2, 0.25) is 25.1 Å². The normalized spacial score (nSPS) is 10.3. The molecule has 98 valence electrons. The van der Waals surface area contributed by atoms with Gasteiger partial charge in [-0.25, -0.2) is 0 Å². The molecule has 0 spiro atoms. The topological polar surface area (TPSA) is 63.6 Å². The van der Waals surface area contributed by atoms with Gasteiger partial charge in [-0.1, -0.05) is 58.0 Å². The number of hydrogen-bond acceptors (Lipinski definition) is 3. The number of aliphatic carboxylic acids is 1. The second-order valence-corrected chi connectivity index (χ2v) is 4.83. The molecular formula is C9H3Cl5O4. The first-order valence-corrected chi connectivity index (χ1v) is 6.08. The van der Waals surface area contributed by atoms with E-state index in [4.69, 9.17) is 67.8 Å². The van der Waals surface area contributed by atoms with Crippen LogP contribution in [0, 0.1) is 0 Å². The van der Waals surface area contributed by atoms with Gasteiger partial charge in [0.25, 0.3) is 0 Å². The minimum atomic E-state index is -1.36. The van der Waals surface area contributed by atoms with Crippen LogP contribution in [0.1, 0.15) is 6.42 Å². The van der Waals surface area contributed by atoms with Crippen LogP contribution in [0.3, 0.4) is 0 Å². The fraction of sp³-hybridized carbons (Fsp3) is 0.111. The van der Waals surface area contributed by atoms with Gasteiger partial charge in [-0.3, -0.25) is 9.59 Å². The maximum Gasteiger partial charge on any atom is 0.322 e. The van der Waals surface area contributed by atoms with Crippen molar-refractivity contribution < 1.29 is 19.4 Å². The number of ether oxygens (including phenoxy) is 1. The molecular weight excluding hydrogens is 349 g/mol. The van der Waals surface area contributed by atoms with Crippen LogP contribution in [0.4, 0.5) is 0 Å². The van der Waals surface area contributed by atoms with Crippen LogP contribution < -0.4 is 4.74 Å². The average Bonchev–Trinajstić information content (AvgIpc) is 2.29. The number of carbonyl (C=O) groups is 2. The Bertz CT molecular complexity index is 499. The lowest BCUT2D eigenvalue weighted by molar-refractivity contribution is -0.145. The lowest BCUT2D eigenvalue weighted by Crippen LogP contribution is -2.13. The van der Waals surface area contributed by atoms with Gasteiger partial charge in [-0.05, 0) is 0 Å². The SMILES string of the molecule is O=C(O)CC(=O)Oc1c(Cl)c(Cl)c(Cl)c(Cl)c1Cl. The van der Waals surface area contributed by atoms with Gasteiger partial charge in [-0.2, -0.15) is 0 Å². The Balaban J connectivity index is 3.18. The Hall–Kier alpha value is -0.390. The van der Waals surface area contributed by atoms with Gasteiger partial charge < -0.3 is 9.84 Å². The van der Waals surface area contributed by atoms with E-state index in [2.05, 4.69) is 0 Å². The van der Waals surface area contributed by atoms with Gasteiger partial charge in [0.05, 0.1) is 15.1 Å². The summed E-state index contributed by atoms with van der Waals surface area (Å²) in [6, 6.07) is 0. The van der Waals surface area contributed by atoms with Gasteiger partial charge >= 0.3 is 11.9 Å². The monoisotopic (exact) mass is 350 g/mol. The highest BCUT2D eigenvalue weighted by Crippen LogP contribution is 2.48. The molecule has 0 amide bonds. The molecule has 1 N–H and O–H groups in total. The zero-order valence-corrected chi connectivity index (χ0v) is 12.0. The molecule has 0 unspecified atom stereocenters. The Morgan fingerprint density at radius 3 is 1.67 bits per heavy atom. The van der Waals surface area contributed by atoms with Crippen LogP contribution in [0.5, 0.6) is 5.75 Å². The molecule has 0 radical (unpaired) electrons. The third-order valence-electron chi connectivity index (χ3n) is 1.68. The highest BCUT2D eigenvalue weighted by molar-refractivity contribution is 6.55. The largest absolute Gasteiger partial charge is 0.481 e. The second-order valence-electron chi connectivity index (χ2n) is 2.94. The number of carbonyl (C=O) groups excluding carboxylic acids is 1. The van der Waals surface area contributed by atoms with Crippen molar-refractivity contribution in [2.24, 2.45) is 0 Å². The minimum Gasteiger partial charge on any atom is -0.481 e. The molecule has 0 saturated heterocycles. The molecule has 0 heterocycles. The lowest BCUT2D eigenvalue weighted by Gasteiger charge is -2.11. The van der Waals surface area contributed by atoms with Gasteiger partial charge in [0.15, 0.2) is 5.75 Å². The van der Waals surface area contributed by atoms with Crippen LogP contribution >= 0.6 is 58.0 Å². The fourth-order valence-electron chi connectivity index (χ4n) is 0.948. The molecule has 4 nitrogen and oxygen atoms in total. The van der Waals surface area contributed by atoms with Gasteiger partial charge in [-0.15, -0.1) is 0 Å². The van der Waals surface area contributed by atoms with Crippen LogP contribution in [0.15, 0.2) is 0 Å². The molecule has 0 aliphatic rings. The van der Waals surface area contributed by atoms with Crippen molar-refractivity contribution in [3.8, 4) is 5.75 Å². The van der Waals surface area contributed by atoms with Crippen molar-refractivity contribution in [2.45, 2.75) is 6.42 Å². The summed E-state index contributed by atoms with van der Waals surface area (Å²) in [5.41, 5.74) is 0. The van der Waals surface area contributed by atoms with Crippen molar-refractivity contribution in [1.82, 2.24) is 0 Å². The van der Waals surface area contributed by atoms with Crippen molar-refractivity contribution in [3.05, 3.63) is 25.1 Å². The zero-order chi connectivity index (χ0) is 14.0. The Kier molecular flexibility index (Phi) is 5.37. The van der Waals surface area contributed by atoms with E-state index in [0.29, 0.717) is 0 Å². The van der Waals surface area contributed by atoms with E-state index in [9.17, 15) is 9.59 Å². The molecule has 18 heavy (non-hydrogen) atoms. The van der Waals surface area contributed by atoms with E-state index in [-0.39, 0.29) is 30.9 Å². The smallest absolute Gasteiger partial charge is 0.322 e. The maximum atomic E-state index is 11.2. The molecule has 0 aliphatic carbocycles. The molecule has 9 heteroatoms. The first-order chi connectivity index (χ1) is 8.25. The molecule has 0 atom stereocenters. The Labute approximate surface area is 126 Å². The molecule has 1 aromatic rings. The number of carboxylic acid groups (broad SMARTS) is 1. The third kappa shape index (κ3) is 3.33. The van der Waals surface area contributed by atoms with Crippen LogP contribution in [-0.2, 0) is 9.59 Å². The maximum absolute atomic E-state index is 11.2. The van der Waals surface area contributed by atoms with E-state index in [0.717, 1.165) is 0 Å². The van der Waals surface area contributed by atoms with E-state index < -0.39 is 18.4 Å². The molecule has 0 fully saturated rings. The molecule has 0 saturated carbocycles. The number of halogens is 5. The van der Waals surface area contributed by atoms with Gasteiger partial charge in [0.2, 0.25) is 0 Å². The third-order valence-corrected chi connectivity index (χ3v) is 3.92. The lowest BCUT2D eigenvalue weighted by atomic mass is 10.3. The first kappa shape index (κ1) is 15.7. The van der Waals surface area contributed by atoms with Crippen molar-refractivity contribution in [3.63, 3.8) is 0 Å². The molecule has 1 rings (SSSR count). The summed E-state index contributed by atoms with van der Waals surface area (Å²) in [6.07, 6.45) is -0.857. The number of carboxylic acids is 1. The van der Waals surface area contributed by atoms with E-state index in [1.165, 1.54) is 0 Å². The van der Waals surface area contributed by atoms with E-state index in [1.807, 2.05) is 0 Å². The van der Waals surface area contributed by atoms with Crippen molar-refractivity contribution in [2.75, 3.05) is 0 Å². The van der Waals surface area contributed by atoms with Gasteiger partial charge in [0.1, 0.15) is 16.5 Å². The summed E-state index contributed by atoms with van der Waals surface area (Å²) in [4.78, 5) is 21.5. The Morgan fingerprint density at radius 1 is 0.889 bits per heavy atom. The predicted molar refractivity (Wildman–Crippen MR) is 69.4 cm³/mol. The average molecular weight is 352 g/mol. The second kappa shape index (κ2) is 6.17. The zero-order valence-electron chi connectivity index (χ0n) is 8.27. The van der Waals surface area contributed by atoms with Crippen LogP contribution in [0.25, 0.3) is 0 Å². The number of benzene rings is 1. The minimum absolute atomic E-state index is 0.0913. The summed E-state index contributed by atoms with van der Waals surface area (Å²) in [5.74, 6) is -2.76. The highest BCUT2D eigenvalue weighted by atomic mass is 35.5.